The molecule has 0 N–H and O–H groups in total. The SMILES string of the molecule is COc1ccc(C(Br)C(C(F)(F)F)C(F)(F)F)cc1C. The number of alkyl halides is 7. The molecule has 1 aromatic carbocycles. The van der Waals surface area contributed by atoms with E-state index in [-0.39, 0.29) is 5.56 Å². The van der Waals surface area contributed by atoms with Crippen LogP contribution in [0.2, 0.25) is 0 Å². The summed E-state index contributed by atoms with van der Waals surface area (Å²) in [5.74, 6) is -3.08. The molecule has 0 aliphatic heterocycles. The molecule has 8 heteroatoms. The Morgan fingerprint density at radius 3 is 1.90 bits per heavy atom. The molecule has 0 heterocycles. The molecule has 1 nitrogen and oxygen atoms in total. The molecule has 0 radical (unpaired) electrons. The van der Waals surface area contributed by atoms with Crippen LogP contribution in [0.25, 0.3) is 0 Å². The Balaban J connectivity index is 3.20. The van der Waals surface area contributed by atoms with Gasteiger partial charge < -0.3 is 4.74 Å². The highest BCUT2D eigenvalue weighted by atomic mass is 79.9. The number of hydrogen-bond donors (Lipinski definition) is 0. The van der Waals surface area contributed by atoms with Crippen LogP contribution in [0, 0.1) is 12.8 Å². The number of benzene rings is 1. The molecule has 1 aromatic rings. The zero-order valence-corrected chi connectivity index (χ0v) is 12.0. The highest BCUT2D eigenvalue weighted by molar-refractivity contribution is 9.09. The van der Waals surface area contributed by atoms with Crippen LogP contribution in [-0.4, -0.2) is 19.5 Å². The summed E-state index contributed by atoms with van der Waals surface area (Å²) in [5.41, 5.74) is 0.348. The van der Waals surface area contributed by atoms with Crippen molar-refractivity contribution in [3.8, 4) is 5.75 Å². The summed E-state index contributed by atoms with van der Waals surface area (Å²) in [6.45, 7) is 1.54. The molecule has 20 heavy (non-hydrogen) atoms. The Morgan fingerprint density at radius 1 is 1.05 bits per heavy atom. The van der Waals surface area contributed by atoms with Gasteiger partial charge in [-0.25, -0.2) is 0 Å². The van der Waals surface area contributed by atoms with Crippen LogP contribution < -0.4 is 4.74 Å². The van der Waals surface area contributed by atoms with Crippen molar-refractivity contribution >= 4 is 15.9 Å². The standard InChI is InChI=1S/C12H11BrF6O/c1-6-5-7(3-4-8(6)20-2)9(13)10(11(14,15)16)12(17,18)19/h3-5,9-10H,1-2H3. The second kappa shape index (κ2) is 5.83. The van der Waals surface area contributed by atoms with Crippen molar-refractivity contribution in [3.63, 3.8) is 0 Å². The van der Waals surface area contributed by atoms with Gasteiger partial charge in [0.1, 0.15) is 5.75 Å². The molecule has 0 aliphatic carbocycles. The number of hydrogen-bond acceptors (Lipinski definition) is 1. The third-order valence-corrected chi connectivity index (χ3v) is 3.79. The van der Waals surface area contributed by atoms with Crippen LogP contribution in [0.1, 0.15) is 16.0 Å². The monoisotopic (exact) mass is 364 g/mol. The average Bonchev–Trinajstić information content (AvgIpc) is 2.24. The third-order valence-electron chi connectivity index (χ3n) is 2.74. The normalized spacial score (nSPS) is 14.5. The molecule has 1 rings (SSSR count). The second-order valence-electron chi connectivity index (χ2n) is 4.19. The summed E-state index contributed by atoms with van der Waals surface area (Å²) >= 11 is 2.52. The summed E-state index contributed by atoms with van der Waals surface area (Å²) in [5, 5.41) is 0. The quantitative estimate of drug-likeness (QED) is 0.530. The first-order valence-electron chi connectivity index (χ1n) is 5.40. The van der Waals surface area contributed by atoms with Crippen LogP contribution >= 0.6 is 15.9 Å². The van der Waals surface area contributed by atoms with Gasteiger partial charge in [-0.05, 0) is 24.1 Å². The van der Waals surface area contributed by atoms with Gasteiger partial charge in [-0.3, -0.25) is 0 Å². The number of ether oxygens (including phenoxy) is 1. The number of rotatable bonds is 3. The highest BCUT2D eigenvalue weighted by Gasteiger charge is 2.60. The molecule has 0 bridgehead atoms. The fourth-order valence-corrected chi connectivity index (χ4v) is 2.67. The largest absolute Gasteiger partial charge is 0.496 e. The van der Waals surface area contributed by atoms with Crippen molar-refractivity contribution in [2.45, 2.75) is 24.1 Å². The lowest BCUT2D eigenvalue weighted by Gasteiger charge is -2.27. The fourth-order valence-electron chi connectivity index (χ4n) is 1.78. The zero-order valence-electron chi connectivity index (χ0n) is 10.4. The van der Waals surface area contributed by atoms with E-state index in [0.29, 0.717) is 11.3 Å². The van der Waals surface area contributed by atoms with Gasteiger partial charge >= 0.3 is 12.4 Å². The molecular formula is C12H11BrF6O. The van der Waals surface area contributed by atoms with E-state index in [9.17, 15) is 26.3 Å². The van der Waals surface area contributed by atoms with Crippen molar-refractivity contribution in [1.29, 1.82) is 0 Å². The minimum atomic E-state index is -5.39. The van der Waals surface area contributed by atoms with Crippen LogP contribution in [0.5, 0.6) is 5.75 Å². The summed E-state index contributed by atoms with van der Waals surface area (Å²) in [6, 6.07) is 3.75. The minimum absolute atomic E-state index is 0.108. The van der Waals surface area contributed by atoms with Crippen molar-refractivity contribution in [2.75, 3.05) is 7.11 Å². The van der Waals surface area contributed by atoms with Gasteiger partial charge in [-0.2, -0.15) is 26.3 Å². The smallest absolute Gasteiger partial charge is 0.401 e. The maximum atomic E-state index is 12.6. The van der Waals surface area contributed by atoms with Gasteiger partial charge in [0.2, 0.25) is 0 Å². The summed E-state index contributed by atoms with van der Waals surface area (Å²) in [4.78, 5) is -1.91. The molecule has 0 saturated carbocycles. The fraction of sp³-hybridized carbons (Fsp3) is 0.500. The topological polar surface area (TPSA) is 9.23 Å². The predicted molar refractivity (Wildman–Crippen MR) is 65.0 cm³/mol. The van der Waals surface area contributed by atoms with Gasteiger partial charge in [0, 0.05) is 0 Å². The van der Waals surface area contributed by atoms with Crippen LogP contribution in [0.15, 0.2) is 18.2 Å². The van der Waals surface area contributed by atoms with Gasteiger partial charge in [0.05, 0.1) is 11.9 Å². The number of halogens is 7. The first-order valence-corrected chi connectivity index (χ1v) is 6.32. The van der Waals surface area contributed by atoms with E-state index >= 15 is 0 Å². The number of aryl methyl sites for hydroxylation is 1. The van der Waals surface area contributed by atoms with E-state index in [2.05, 4.69) is 15.9 Å². The molecule has 0 aliphatic rings. The maximum absolute atomic E-state index is 12.6. The molecule has 0 fully saturated rings. The Labute approximate surface area is 120 Å². The van der Waals surface area contributed by atoms with E-state index in [1.54, 1.807) is 0 Å². The molecular weight excluding hydrogens is 354 g/mol. The lowest BCUT2D eigenvalue weighted by Crippen LogP contribution is -2.39. The number of methoxy groups -OCH3 is 1. The van der Waals surface area contributed by atoms with Crippen molar-refractivity contribution < 1.29 is 31.1 Å². The second-order valence-corrected chi connectivity index (χ2v) is 5.18. The lowest BCUT2D eigenvalue weighted by molar-refractivity contribution is -0.283. The molecule has 0 amide bonds. The minimum Gasteiger partial charge on any atom is -0.496 e. The molecule has 0 spiro atoms. The van der Waals surface area contributed by atoms with Crippen LogP contribution in [0.4, 0.5) is 26.3 Å². The van der Waals surface area contributed by atoms with Crippen molar-refractivity contribution in [1.82, 2.24) is 0 Å². The van der Waals surface area contributed by atoms with E-state index in [1.165, 1.54) is 32.2 Å². The van der Waals surface area contributed by atoms with Crippen LogP contribution in [-0.2, 0) is 0 Å². The Bertz CT molecular complexity index is 454. The molecule has 0 aromatic heterocycles. The highest BCUT2D eigenvalue weighted by Crippen LogP contribution is 2.50. The first-order chi connectivity index (χ1) is 8.98. The van der Waals surface area contributed by atoms with Crippen molar-refractivity contribution in [3.05, 3.63) is 29.3 Å². The average molecular weight is 365 g/mol. The third kappa shape index (κ3) is 3.80. The summed E-state index contributed by atoms with van der Waals surface area (Å²) in [7, 11) is 1.36. The Kier molecular flexibility index (Phi) is 4.99. The lowest BCUT2D eigenvalue weighted by atomic mass is 9.96. The summed E-state index contributed by atoms with van der Waals surface area (Å²) < 4.78 is 80.7. The predicted octanol–water partition coefficient (Wildman–Crippen LogP) is 5.18. The van der Waals surface area contributed by atoms with E-state index in [4.69, 9.17) is 4.74 Å². The van der Waals surface area contributed by atoms with E-state index < -0.39 is 23.1 Å². The molecule has 0 saturated heterocycles. The van der Waals surface area contributed by atoms with Gasteiger partial charge in [-0.1, -0.05) is 28.1 Å². The first kappa shape index (κ1) is 17.1. The zero-order chi connectivity index (χ0) is 15.7. The van der Waals surface area contributed by atoms with E-state index in [0.717, 1.165) is 0 Å². The summed E-state index contributed by atoms with van der Waals surface area (Å²) in [6.07, 6.45) is -10.8. The van der Waals surface area contributed by atoms with Gasteiger partial charge in [0.25, 0.3) is 0 Å². The maximum Gasteiger partial charge on any atom is 0.401 e. The van der Waals surface area contributed by atoms with Gasteiger partial charge in [-0.15, -0.1) is 0 Å². The molecule has 1 unspecified atom stereocenters. The molecule has 1 atom stereocenters. The van der Waals surface area contributed by atoms with Crippen LogP contribution in [0.3, 0.4) is 0 Å². The Morgan fingerprint density at radius 2 is 1.55 bits per heavy atom. The Hall–Kier alpha value is -0.920. The van der Waals surface area contributed by atoms with Gasteiger partial charge in [0.15, 0.2) is 5.92 Å². The van der Waals surface area contributed by atoms with Crippen molar-refractivity contribution in [2.24, 2.45) is 5.92 Å². The van der Waals surface area contributed by atoms with E-state index in [1.807, 2.05) is 0 Å². The molecule has 114 valence electrons.